The van der Waals surface area contributed by atoms with Gasteiger partial charge in [-0.1, -0.05) is 0 Å². The van der Waals surface area contributed by atoms with Gasteiger partial charge in [0, 0.05) is 15.7 Å². The van der Waals surface area contributed by atoms with Gasteiger partial charge >= 0.3 is 0 Å². The van der Waals surface area contributed by atoms with Gasteiger partial charge in [0.15, 0.2) is 0 Å². The molecule has 2 rings (SSSR count). The normalized spacial score (nSPS) is 10.2. The molecule has 0 aliphatic heterocycles. The summed E-state index contributed by atoms with van der Waals surface area (Å²) in [6.45, 7) is 4.42. The minimum atomic E-state index is -0.174. The van der Waals surface area contributed by atoms with Gasteiger partial charge in [-0.25, -0.2) is 0 Å². The molecule has 0 heterocycles. The molecular formula is C16H17BrN2O2. The largest absolute Gasteiger partial charge is 0.494 e. The van der Waals surface area contributed by atoms with Crippen LogP contribution in [-0.2, 0) is 0 Å². The minimum absolute atomic E-state index is 0.174. The molecule has 0 fully saturated rings. The number of carbonyl (C=O) groups is 1. The van der Waals surface area contributed by atoms with Crippen LogP contribution in [0.25, 0.3) is 0 Å². The molecule has 110 valence electrons. The van der Waals surface area contributed by atoms with Crippen molar-refractivity contribution in [2.75, 3.05) is 17.7 Å². The number of nitrogens with two attached hydrogens (primary N) is 1. The first-order valence-electron chi connectivity index (χ1n) is 6.61. The van der Waals surface area contributed by atoms with Crippen LogP contribution in [0.4, 0.5) is 11.4 Å². The number of nitrogen functional groups attached to an aromatic ring is 1. The molecule has 0 saturated heterocycles. The zero-order valence-corrected chi connectivity index (χ0v) is 13.5. The topological polar surface area (TPSA) is 64.3 Å². The van der Waals surface area contributed by atoms with Crippen molar-refractivity contribution in [1.29, 1.82) is 0 Å². The number of aryl methyl sites for hydroxylation is 1. The number of carbonyl (C=O) groups excluding carboxylic acids is 1. The molecule has 0 unspecified atom stereocenters. The van der Waals surface area contributed by atoms with E-state index in [9.17, 15) is 4.79 Å². The molecule has 1 amide bonds. The first-order valence-corrected chi connectivity index (χ1v) is 7.40. The Kier molecular flexibility index (Phi) is 4.85. The van der Waals surface area contributed by atoms with Crippen molar-refractivity contribution in [3.05, 3.63) is 52.0 Å². The monoisotopic (exact) mass is 348 g/mol. The summed E-state index contributed by atoms with van der Waals surface area (Å²) in [4.78, 5) is 12.3. The lowest BCUT2D eigenvalue weighted by Gasteiger charge is -2.12. The van der Waals surface area contributed by atoms with Crippen molar-refractivity contribution in [2.24, 2.45) is 0 Å². The molecule has 5 heteroatoms. The molecule has 2 aromatic rings. The summed E-state index contributed by atoms with van der Waals surface area (Å²) < 4.78 is 6.12. The third-order valence-electron chi connectivity index (χ3n) is 2.98. The summed E-state index contributed by atoms with van der Waals surface area (Å²) in [5.41, 5.74) is 8.61. The molecule has 3 N–H and O–H groups in total. The van der Waals surface area contributed by atoms with Gasteiger partial charge in [-0.3, -0.25) is 4.79 Å². The second-order valence-electron chi connectivity index (χ2n) is 4.61. The summed E-state index contributed by atoms with van der Waals surface area (Å²) >= 11 is 3.42. The fraction of sp³-hybridized carbons (Fsp3) is 0.188. The zero-order chi connectivity index (χ0) is 15.4. The highest BCUT2D eigenvalue weighted by Crippen LogP contribution is 2.29. The van der Waals surface area contributed by atoms with Gasteiger partial charge in [-0.05, 0) is 71.7 Å². The van der Waals surface area contributed by atoms with Crippen molar-refractivity contribution in [1.82, 2.24) is 0 Å². The number of nitrogens with one attached hydrogen (secondary N) is 1. The lowest BCUT2D eigenvalue weighted by molar-refractivity contribution is 0.102. The maximum absolute atomic E-state index is 12.3. The van der Waals surface area contributed by atoms with Gasteiger partial charge in [0.05, 0.1) is 12.3 Å². The summed E-state index contributed by atoms with van der Waals surface area (Å²) in [7, 11) is 0. The first-order chi connectivity index (χ1) is 10.0. The number of hydrogen-bond donors (Lipinski definition) is 2. The fourth-order valence-corrected chi connectivity index (χ4v) is 2.66. The molecule has 2 aromatic carbocycles. The second kappa shape index (κ2) is 6.63. The second-order valence-corrected chi connectivity index (χ2v) is 5.46. The Morgan fingerprint density at radius 2 is 1.95 bits per heavy atom. The molecule has 0 radical (unpaired) electrons. The van der Waals surface area contributed by atoms with Crippen LogP contribution in [0, 0.1) is 6.92 Å². The summed E-state index contributed by atoms with van der Waals surface area (Å²) in [5.74, 6) is 0.575. The number of rotatable bonds is 4. The predicted molar refractivity (Wildman–Crippen MR) is 88.9 cm³/mol. The van der Waals surface area contributed by atoms with E-state index in [1.165, 1.54) is 0 Å². The molecular weight excluding hydrogens is 332 g/mol. The minimum Gasteiger partial charge on any atom is -0.494 e. The van der Waals surface area contributed by atoms with E-state index in [2.05, 4.69) is 21.2 Å². The highest BCUT2D eigenvalue weighted by molar-refractivity contribution is 9.10. The van der Waals surface area contributed by atoms with E-state index in [-0.39, 0.29) is 5.91 Å². The molecule has 0 aliphatic rings. The Hall–Kier alpha value is -2.01. The third-order valence-corrected chi connectivity index (χ3v) is 3.60. The van der Waals surface area contributed by atoms with Crippen molar-refractivity contribution in [2.45, 2.75) is 13.8 Å². The third kappa shape index (κ3) is 3.76. The summed E-state index contributed by atoms with van der Waals surface area (Å²) in [6.07, 6.45) is 0. The molecule has 0 spiro atoms. The number of benzene rings is 2. The van der Waals surface area contributed by atoms with Crippen LogP contribution in [-0.4, -0.2) is 12.5 Å². The Bertz CT molecular complexity index is 631. The summed E-state index contributed by atoms with van der Waals surface area (Å²) in [6, 6.07) is 10.6. The molecule has 0 saturated carbocycles. The SMILES string of the molecule is CCOc1ccc(C(=O)Nc2c(C)cc(N)cc2Br)cc1. The highest BCUT2D eigenvalue weighted by Gasteiger charge is 2.11. The van der Waals surface area contributed by atoms with E-state index in [1.807, 2.05) is 19.9 Å². The first kappa shape index (κ1) is 15.4. The molecule has 0 atom stereocenters. The summed E-state index contributed by atoms with van der Waals surface area (Å²) in [5, 5.41) is 2.89. The number of halogens is 1. The molecule has 0 aliphatic carbocycles. The number of hydrogen-bond acceptors (Lipinski definition) is 3. The van der Waals surface area contributed by atoms with E-state index in [1.54, 1.807) is 30.3 Å². The zero-order valence-electron chi connectivity index (χ0n) is 11.9. The van der Waals surface area contributed by atoms with Crippen LogP contribution in [0.3, 0.4) is 0 Å². The van der Waals surface area contributed by atoms with Crippen molar-refractivity contribution >= 4 is 33.2 Å². The highest BCUT2D eigenvalue weighted by atomic mass is 79.9. The van der Waals surface area contributed by atoms with Crippen LogP contribution in [0.2, 0.25) is 0 Å². The van der Waals surface area contributed by atoms with Crippen molar-refractivity contribution in [3.8, 4) is 5.75 Å². The number of amides is 1. The average molecular weight is 349 g/mol. The number of anilines is 2. The van der Waals surface area contributed by atoms with E-state index in [0.717, 1.165) is 21.5 Å². The van der Waals surface area contributed by atoms with Gasteiger partial charge < -0.3 is 15.8 Å². The van der Waals surface area contributed by atoms with Gasteiger partial charge in [0.25, 0.3) is 5.91 Å². The molecule has 0 aromatic heterocycles. The predicted octanol–water partition coefficient (Wildman–Crippen LogP) is 3.99. The van der Waals surface area contributed by atoms with Crippen molar-refractivity contribution < 1.29 is 9.53 Å². The van der Waals surface area contributed by atoms with E-state index in [4.69, 9.17) is 10.5 Å². The maximum atomic E-state index is 12.3. The fourth-order valence-electron chi connectivity index (χ4n) is 1.98. The van der Waals surface area contributed by atoms with Crippen LogP contribution in [0.5, 0.6) is 5.75 Å². The Balaban J connectivity index is 2.18. The average Bonchev–Trinajstić information content (AvgIpc) is 2.43. The quantitative estimate of drug-likeness (QED) is 0.821. The van der Waals surface area contributed by atoms with Crippen LogP contribution >= 0.6 is 15.9 Å². The van der Waals surface area contributed by atoms with Crippen LogP contribution in [0.15, 0.2) is 40.9 Å². The Labute approximate surface area is 132 Å². The van der Waals surface area contributed by atoms with Crippen LogP contribution < -0.4 is 15.8 Å². The van der Waals surface area contributed by atoms with Gasteiger partial charge in [-0.2, -0.15) is 0 Å². The van der Waals surface area contributed by atoms with Gasteiger partial charge in [-0.15, -0.1) is 0 Å². The van der Waals surface area contributed by atoms with Crippen LogP contribution in [0.1, 0.15) is 22.8 Å². The Morgan fingerprint density at radius 3 is 2.52 bits per heavy atom. The molecule has 0 bridgehead atoms. The van der Waals surface area contributed by atoms with E-state index in [0.29, 0.717) is 17.9 Å². The molecule has 21 heavy (non-hydrogen) atoms. The lowest BCUT2D eigenvalue weighted by Crippen LogP contribution is -2.13. The van der Waals surface area contributed by atoms with E-state index >= 15 is 0 Å². The Morgan fingerprint density at radius 1 is 1.29 bits per heavy atom. The maximum Gasteiger partial charge on any atom is 0.255 e. The lowest BCUT2D eigenvalue weighted by atomic mass is 10.1. The smallest absolute Gasteiger partial charge is 0.255 e. The van der Waals surface area contributed by atoms with Crippen molar-refractivity contribution in [3.63, 3.8) is 0 Å². The van der Waals surface area contributed by atoms with E-state index < -0.39 is 0 Å². The van der Waals surface area contributed by atoms with Gasteiger partial charge in [0.2, 0.25) is 0 Å². The standard InChI is InChI=1S/C16H17BrN2O2/c1-3-21-13-6-4-11(5-7-13)16(20)19-15-10(2)8-12(18)9-14(15)17/h4-9H,3,18H2,1-2H3,(H,19,20). The van der Waals surface area contributed by atoms with Gasteiger partial charge in [0.1, 0.15) is 5.75 Å². The molecule has 4 nitrogen and oxygen atoms in total. The number of ether oxygens (including phenoxy) is 1.